The van der Waals surface area contributed by atoms with E-state index in [0.29, 0.717) is 22.2 Å². The lowest BCUT2D eigenvalue weighted by Gasteiger charge is -2.08. The minimum Gasteiger partial charge on any atom is -0.392 e. The van der Waals surface area contributed by atoms with Gasteiger partial charge >= 0.3 is 0 Å². The molecule has 0 aliphatic carbocycles. The molecule has 0 aliphatic rings. The summed E-state index contributed by atoms with van der Waals surface area (Å²) in [6.45, 7) is 0.331. The van der Waals surface area contributed by atoms with Gasteiger partial charge in [0.25, 0.3) is 5.91 Å². The summed E-state index contributed by atoms with van der Waals surface area (Å²) in [5.74, 6) is -0.285. The maximum atomic E-state index is 12.0. The van der Waals surface area contributed by atoms with Crippen LogP contribution in [0.25, 0.3) is 0 Å². The van der Waals surface area contributed by atoms with Crippen LogP contribution in [0.4, 0.5) is 0 Å². The summed E-state index contributed by atoms with van der Waals surface area (Å²) in [4.78, 5) is 12.0. The highest BCUT2D eigenvalue weighted by Crippen LogP contribution is 2.20. The second kappa shape index (κ2) is 6.75. The van der Waals surface area contributed by atoms with Crippen LogP contribution in [0.15, 0.2) is 42.5 Å². The summed E-state index contributed by atoms with van der Waals surface area (Å²) < 4.78 is 0. The molecule has 0 aromatic heterocycles. The molecular formula is C15H13Cl2NO2. The Morgan fingerprint density at radius 2 is 1.85 bits per heavy atom. The lowest BCUT2D eigenvalue weighted by Crippen LogP contribution is -2.23. The standard InChI is InChI=1S/C15H13Cl2NO2/c16-12-4-5-14(17)13(7-12)15(20)18-8-10-2-1-3-11(6-10)9-19/h1-7,19H,8-9H2,(H,18,20). The van der Waals surface area contributed by atoms with E-state index in [2.05, 4.69) is 5.32 Å². The van der Waals surface area contributed by atoms with E-state index in [-0.39, 0.29) is 12.5 Å². The van der Waals surface area contributed by atoms with Crippen LogP contribution in [-0.2, 0) is 13.2 Å². The minimum absolute atomic E-state index is 0.0259. The highest BCUT2D eigenvalue weighted by molar-refractivity contribution is 6.35. The van der Waals surface area contributed by atoms with E-state index in [4.69, 9.17) is 28.3 Å². The van der Waals surface area contributed by atoms with Crippen molar-refractivity contribution in [3.63, 3.8) is 0 Å². The van der Waals surface area contributed by atoms with Crippen LogP contribution in [0.2, 0.25) is 10.0 Å². The number of hydrogen-bond acceptors (Lipinski definition) is 2. The van der Waals surface area contributed by atoms with Gasteiger partial charge in [-0.3, -0.25) is 4.79 Å². The van der Waals surface area contributed by atoms with Gasteiger partial charge in [-0.15, -0.1) is 0 Å². The normalized spacial score (nSPS) is 10.3. The van der Waals surface area contributed by atoms with Crippen molar-refractivity contribution in [3.8, 4) is 0 Å². The second-order valence-corrected chi connectivity index (χ2v) is 5.13. The number of rotatable bonds is 4. The van der Waals surface area contributed by atoms with E-state index in [9.17, 15) is 4.79 Å². The van der Waals surface area contributed by atoms with E-state index in [1.807, 2.05) is 24.3 Å². The Bertz CT molecular complexity index is 629. The Labute approximate surface area is 127 Å². The molecule has 3 nitrogen and oxygen atoms in total. The van der Waals surface area contributed by atoms with Gasteiger partial charge in [0, 0.05) is 11.6 Å². The molecule has 0 saturated carbocycles. The fourth-order valence-electron chi connectivity index (χ4n) is 1.79. The molecule has 0 fully saturated rings. The first-order valence-corrected chi connectivity index (χ1v) is 6.77. The quantitative estimate of drug-likeness (QED) is 0.909. The molecule has 1 amide bonds. The van der Waals surface area contributed by atoms with Gasteiger partial charge in [0.05, 0.1) is 17.2 Å². The third-order valence-electron chi connectivity index (χ3n) is 2.80. The van der Waals surface area contributed by atoms with Crippen molar-refractivity contribution >= 4 is 29.1 Å². The number of aliphatic hydroxyl groups excluding tert-OH is 1. The van der Waals surface area contributed by atoms with Crippen molar-refractivity contribution in [3.05, 3.63) is 69.2 Å². The summed E-state index contributed by atoms with van der Waals surface area (Å²) in [6.07, 6.45) is 0. The Kier molecular flexibility index (Phi) is 5.01. The van der Waals surface area contributed by atoms with Gasteiger partial charge in [-0.05, 0) is 29.3 Å². The van der Waals surface area contributed by atoms with Crippen molar-refractivity contribution < 1.29 is 9.90 Å². The fourth-order valence-corrected chi connectivity index (χ4v) is 2.16. The van der Waals surface area contributed by atoms with Crippen LogP contribution in [0, 0.1) is 0 Å². The zero-order chi connectivity index (χ0) is 14.5. The topological polar surface area (TPSA) is 49.3 Å². The van der Waals surface area contributed by atoms with Crippen molar-refractivity contribution in [1.29, 1.82) is 0 Å². The lowest BCUT2D eigenvalue weighted by atomic mass is 10.1. The Morgan fingerprint density at radius 1 is 1.10 bits per heavy atom. The van der Waals surface area contributed by atoms with E-state index in [0.717, 1.165) is 11.1 Å². The van der Waals surface area contributed by atoms with E-state index >= 15 is 0 Å². The van der Waals surface area contributed by atoms with Crippen molar-refractivity contribution in [2.75, 3.05) is 0 Å². The third-order valence-corrected chi connectivity index (χ3v) is 3.36. The third kappa shape index (κ3) is 3.73. The number of hydrogen-bond donors (Lipinski definition) is 2. The van der Waals surface area contributed by atoms with Gasteiger partial charge in [-0.25, -0.2) is 0 Å². The van der Waals surface area contributed by atoms with Crippen molar-refractivity contribution in [2.24, 2.45) is 0 Å². The van der Waals surface area contributed by atoms with Gasteiger partial charge < -0.3 is 10.4 Å². The van der Waals surface area contributed by atoms with Crippen LogP contribution in [0.1, 0.15) is 21.5 Å². The van der Waals surface area contributed by atoms with Crippen LogP contribution in [-0.4, -0.2) is 11.0 Å². The maximum Gasteiger partial charge on any atom is 0.253 e. The second-order valence-electron chi connectivity index (χ2n) is 4.28. The molecule has 0 saturated heterocycles. The average molecular weight is 310 g/mol. The van der Waals surface area contributed by atoms with Gasteiger partial charge in [0.2, 0.25) is 0 Å². The molecule has 0 unspecified atom stereocenters. The average Bonchev–Trinajstić information content (AvgIpc) is 2.47. The molecule has 5 heteroatoms. The first-order valence-electron chi connectivity index (χ1n) is 6.02. The lowest BCUT2D eigenvalue weighted by molar-refractivity contribution is 0.0951. The molecular weight excluding hydrogens is 297 g/mol. The molecule has 104 valence electrons. The summed E-state index contributed by atoms with van der Waals surface area (Å²) in [6, 6.07) is 12.1. The van der Waals surface area contributed by atoms with Gasteiger partial charge in [-0.1, -0.05) is 47.5 Å². The maximum absolute atomic E-state index is 12.0. The van der Waals surface area contributed by atoms with Crippen LogP contribution in [0.5, 0.6) is 0 Å². The molecule has 0 spiro atoms. The molecule has 0 aliphatic heterocycles. The first kappa shape index (κ1) is 14.9. The summed E-state index contributed by atoms with van der Waals surface area (Å²) in [5, 5.41) is 12.7. The molecule has 20 heavy (non-hydrogen) atoms. The van der Waals surface area contributed by atoms with Crippen molar-refractivity contribution in [2.45, 2.75) is 13.2 Å². The zero-order valence-corrected chi connectivity index (χ0v) is 12.1. The van der Waals surface area contributed by atoms with E-state index in [1.165, 1.54) is 6.07 Å². The van der Waals surface area contributed by atoms with Crippen molar-refractivity contribution in [1.82, 2.24) is 5.32 Å². The number of carbonyl (C=O) groups excluding carboxylic acids is 1. The van der Waals surface area contributed by atoms with Gasteiger partial charge in [0.1, 0.15) is 0 Å². The molecule has 2 rings (SSSR count). The van der Waals surface area contributed by atoms with E-state index < -0.39 is 0 Å². The van der Waals surface area contributed by atoms with Gasteiger partial charge in [0.15, 0.2) is 0 Å². The monoisotopic (exact) mass is 309 g/mol. The van der Waals surface area contributed by atoms with E-state index in [1.54, 1.807) is 12.1 Å². The number of benzene rings is 2. The zero-order valence-electron chi connectivity index (χ0n) is 10.6. The van der Waals surface area contributed by atoms with Crippen LogP contribution < -0.4 is 5.32 Å². The number of nitrogens with one attached hydrogen (secondary N) is 1. The van der Waals surface area contributed by atoms with Crippen LogP contribution in [0.3, 0.4) is 0 Å². The summed E-state index contributed by atoms with van der Waals surface area (Å²) in [5.41, 5.74) is 2.05. The fraction of sp³-hybridized carbons (Fsp3) is 0.133. The Balaban J connectivity index is 2.06. The molecule has 2 aromatic carbocycles. The number of carbonyl (C=O) groups is 1. The molecule has 0 heterocycles. The summed E-state index contributed by atoms with van der Waals surface area (Å²) in [7, 11) is 0. The van der Waals surface area contributed by atoms with Gasteiger partial charge in [-0.2, -0.15) is 0 Å². The Hall–Kier alpha value is -1.55. The predicted molar refractivity (Wildman–Crippen MR) is 80.0 cm³/mol. The highest BCUT2D eigenvalue weighted by Gasteiger charge is 2.10. The summed E-state index contributed by atoms with van der Waals surface area (Å²) >= 11 is 11.8. The number of amides is 1. The Morgan fingerprint density at radius 3 is 2.60 bits per heavy atom. The molecule has 0 atom stereocenters. The SMILES string of the molecule is O=C(NCc1cccc(CO)c1)c1cc(Cl)ccc1Cl. The number of halogens is 2. The highest BCUT2D eigenvalue weighted by atomic mass is 35.5. The molecule has 2 aromatic rings. The van der Waals surface area contributed by atoms with Crippen LogP contribution >= 0.6 is 23.2 Å². The smallest absolute Gasteiger partial charge is 0.253 e. The largest absolute Gasteiger partial charge is 0.392 e. The predicted octanol–water partition coefficient (Wildman–Crippen LogP) is 3.42. The first-order chi connectivity index (χ1) is 9.60. The molecule has 0 radical (unpaired) electrons. The minimum atomic E-state index is -0.285. The molecule has 2 N–H and O–H groups in total. The number of aliphatic hydroxyl groups is 1. The molecule has 0 bridgehead atoms.